The lowest BCUT2D eigenvalue weighted by Crippen LogP contribution is -2.21. The normalized spacial score (nSPS) is 9.50. The first-order valence-electron chi connectivity index (χ1n) is 4.01. The second kappa shape index (κ2) is 4.72. The van der Waals surface area contributed by atoms with Crippen molar-refractivity contribution in [2.45, 2.75) is 6.42 Å². The third-order valence-corrected chi connectivity index (χ3v) is 1.91. The lowest BCUT2D eigenvalue weighted by atomic mass is 10.3. The van der Waals surface area contributed by atoms with Crippen LogP contribution in [-0.4, -0.2) is 11.8 Å². The first kappa shape index (κ1) is 10.7. The lowest BCUT2D eigenvalue weighted by molar-refractivity contribution is -0.124. The van der Waals surface area contributed by atoms with Gasteiger partial charge in [0.15, 0.2) is 0 Å². The molecule has 0 radical (unpaired) electrons. The first-order valence-corrected chi connectivity index (χ1v) is 4.59. The van der Waals surface area contributed by atoms with Crippen LogP contribution in [0.1, 0.15) is 6.42 Å². The molecule has 0 saturated heterocycles. The molecule has 14 heavy (non-hydrogen) atoms. The van der Waals surface area contributed by atoms with E-state index in [4.69, 9.17) is 5.73 Å². The maximum Gasteiger partial charge on any atom is 0.233 e. The summed E-state index contributed by atoms with van der Waals surface area (Å²) in [5, 5.41) is 3.58. The lowest BCUT2D eigenvalue weighted by Gasteiger charge is -2.03. The van der Waals surface area contributed by atoms with E-state index in [0.29, 0.717) is 5.69 Å². The van der Waals surface area contributed by atoms with Crippen LogP contribution in [0.2, 0.25) is 0 Å². The number of anilines is 1. The van der Waals surface area contributed by atoms with Crippen LogP contribution in [0.25, 0.3) is 0 Å². The van der Waals surface area contributed by atoms with Gasteiger partial charge in [-0.3, -0.25) is 9.59 Å². The topological polar surface area (TPSA) is 72.2 Å². The average Bonchev–Trinajstić information content (AvgIpc) is 2.07. The Balaban J connectivity index is 2.56. The van der Waals surface area contributed by atoms with Gasteiger partial charge in [0, 0.05) is 5.69 Å². The van der Waals surface area contributed by atoms with Crippen LogP contribution < -0.4 is 16.4 Å². The van der Waals surface area contributed by atoms with E-state index < -0.39 is 11.8 Å². The summed E-state index contributed by atoms with van der Waals surface area (Å²) < 4.78 is 0. The van der Waals surface area contributed by atoms with Crippen LogP contribution >= 0.6 is 9.24 Å². The standard InChI is InChI=1S/C9H11N2O2P/c10-8(12)5-9(13)11-6-1-3-7(14)4-2-6/h1-4H,5,14H2,(H2,10,12)(H,11,13). The fraction of sp³-hybridized carbons (Fsp3) is 0.111. The van der Waals surface area contributed by atoms with E-state index in [1.54, 1.807) is 12.1 Å². The van der Waals surface area contributed by atoms with E-state index in [1.165, 1.54) is 0 Å². The van der Waals surface area contributed by atoms with Gasteiger partial charge in [-0.2, -0.15) is 0 Å². The zero-order chi connectivity index (χ0) is 10.6. The number of hydrogen-bond donors (Lipinski definition) is 2. The zero-order valence-corrected chi connectivity index (χ0v) is 8.64. The van der Waals surface area contributed by atoms with Crippen molar-refractivity contribution >= 4 is 32.0 Å². The highest BCUT2D eigenvalue weighted by Crippen LogP contribution is 2.05. The predicted octanol–water partition coefficient (Wildman–Crippen LogP) is 0.000900. The number of rotatable bonds is 3. The highest BCUT2D eigenvalue weighted by atomic mass is 31.0. The Morgan fingerprint density at radius 1 is 1.29 bits per heavy atom. The summed E-state index contributed by atoms with van der Waals surface area (Å²) in [6, 6.07) is 7.18. The van der Waals surface area contributed by atoms with E-state index in [1.807, 2.05) is 12.1 Å². The fourth-order valence-corrected chi connectivity index (χ4v) is 1.12. The van der Waals surface area contributed by atoms with Crippen molar-refractivity contribution in [1.29, 1.82) is 0 Å². The molecule has 1 aromatic carbocycles. The number of nitrogens with two attached hydrogens (primary N) is 1. The third-order valence-electron chi connectivity index (χ3n) is 1.53. The Kier molecular flexibility index (Phi) is 3.60. The molecule has 0 fully saturated rings. The highest BCUT2D eigenvalue weighted by Gasteiger charge is 2.05. The number of hydrogen-bond acceptors (Lipinski definition) is 2. The fourth-order valence-electron chi connectivity index (χ4n) is 0.930. The molecule has 0 aromatic heterocycles. The van der Waals surface area contributed by atoms with Crippen molar-refractivity contribution in [3.05, 3.63) is 24.3 Å². The summed E-state index contributed by atoms with van der Waals surface area (Å²) in [6.45, 7) is 0. The van der Waals surface area contributed by atoms with Gasteiger partial charge in [-0.25, -0.2) is 0 Å². The smallest absolute Gasteiger partial charge is 0.233 e. The maximum atomic E-state index is 11.1. The molecule has 5 heteroatoms. The molecule has 4 nitrogen and oxygen atoms in total. The molecule has 1 aromatic rings. The summed E-state index contributed by atoms with van der Waals surface area (Å²) in [7, 11) is 2.54. The Morgan fingerprint density at radius 2 is 1.86 bits per heavy atom. The van der Waals surface area contributed by atoms with E-state index in [2.05, 4.69) is 14.6 Å². The summed E-state index contributed by atoms with van der Waals surface area (Å²) in [4.78, 5) is 21.5. The van der Waals surface area contributed by atoms with Crippen molar-refractivity contribution in [3.63, 3.8) is 0 Å². The Bertz CT molecular complexity index is 348. The van der Waals surface area contributed by atoms with Crippen LogP contribution in [0, 0.1) is 0 Å². The molecule has 0 saturated carbocycles. The van der Waals surface area contributed by atoms with Crippen molar-refractivity contribution in [2.75, 3.05) is 5.32 Å². The molecule has 3 N–H and O–H groups in total. The van der Waals surface area contributed by atoms with Gasteiger partial charge in [0.2, 0.25) is 11.8 Å². The SMILES string of the molecule is NC(=O)CC(=O)Nc1ccc(P)cc1. The molecule has 2 amide bonds. The van der Waals surface area contributed by atoms with E-state index in [0.717, 1.165) is 5.30 Å². The molecular weight excluding hydrogens is 199 g/mol. The van der Waals surface area contributed by atoms with Gasteiger partial charge in [-0.1, -0.05) is 12.1 Å². The van der Waals surface area contributed by atoms with Gasteiger partial charge in [0.25, 0.3) is 0 Å². The van der Waals surface area contributed by atoms with E-state index >= 15 is 0 Å². The minimum atomic E-state index is -0.634. The quantitative estimate of drug-likeness (QED) is 0.544. The van der Waals surface area contributed by atoms with Crippen LogP contribution in [0.3, 0.4) is 0 Å². The molecule has 1 unspecified atom stereocenters. The Labute approximate surface area is 84.1 Å². The maximum absolute atomic E-state index is 11.1. The van der Waals surface area contributed by atoms with Crippen LogP contribution in [-0.2, 0) is 9.59 Å². The van der Waals surface area contributed by atoms with E-state index in [9.17, 15) is 9.59 Å². The summed E-state index contributed by atoms with van der Waals surface area (Å²) in [5.74, 6) is -1.03. The summed E-state index contributed by atoms with van der Waals surface area (Å²) >= 11 is 0. The number of carbonyl (C=O) groups excluding carboxylic acids is 2. The van der Waals surface area contributed by atoms with Gasteiger partial charge < -0.3 is 11.1 Å². The van der Waals surface area contributed by atoms with E-state index in [-0.39, 0.29) is 6.42 Å². The minimum absolute atomic E-state index is 0.289. The predicted molar refractivity (Wildman–Crippen MR) is 58.2 cm³/mol. The minimum Gasteiger partial charge on any atom is -0.369 e. The van der Waals surface area contributed by atoms with Gasteiger partial charge in [-0.15, -0.1) is 9.24 Å². The first-order chi connectivity index (χ1) is 6.58. The molecule has 0 spiro atoms. The summed E-state index contributed by atoms with van der Waals surface area (Å²) in [5.41, 5.74) is 5.52. The Morgan fingerprint density at radius 3 is 2.36 bits per heavy atom. The number of benzene rings is 1. The number of nitrogens with one attached hydrogen (secondary N) is 1. The Hall–Kier alpha value is -1.41. The van der Waals surface area contributed by atoms with Crippen molar-refractivity contribution in [2.24, 2.45) is 5.73 Å². The number of amides is 2. The molecule has 0 aliphatic carbocycles. The highest BCUT2D eigenvalue weighted by molar-refractivity contribution is 7.27. The monoisotopic (exact) mass is 210 g/mol. The second-order valence-electron chi connectivity index (χ2n) is 2.81. The van der Waals surface area contributed by atoms with Crippen LogP contribution in [0.15, 0.2) is 24.3 Å². The second-order valence-corrected chi connectivity index (χ2v) is 3.48. The zero-order valence-electron chi connectivity index (χ0n) is 7.49. The van der Waals surface area contributed by atoms with Gasteiger partial charge in [0.1, 0.15) is 6.42 Å². The van der Waals surface area contributed by atoms with Gasteiger partial charge >= 0.3 is 0 Å². The molecule has 0 bridgehead atoms. The summed E-state index contributed by atoms with van der Waals surface area (Å²) in [6.07, 6.45) is -0.289. The molecule has 1 atom stereocenters. The largest absolute Gasteiger partial charge is 0.369 e. The van der Waals surface area contributed by atoms with Crippen LogP contribution in [0.4, 0.5) is 5.69 Å². The number of carbonyl (C=O) groups is 2. The van der Waals surface area contributed by atoms with Gasteiger partial charge in [-0.05, 0) is 17.4 Å². The van der Waals surface area contributed by atoms with Crippen molar-refractivity contribution < 1.29 is 9.59 Å². The number of primary amides is 1. The molecular formula is C9H11N2O2P. The van der Waals surface area contributed by atoms with Crippen molar-refractivity contribution in [3.8, 4) is 0 Å². The molecule has 0 aliphatic rings. The average molecular weight is 210 g/mol. The van der Waals surface area contributed by atoms with Crippen molar-refractivity contribution in [1.82, 2.24) is 0 Å². The third kappa shape index (κ3) is 3.54. The van der Waals surface area contributed by atoms with Crippen LogP contribution in [0.5, 0.6) is 0 Å². The van der Waals surface area contributed by atoms with Gasteiger partial charge in [0.05, 0.1) is 0 Å². The molecule has 0 aliphatic heterocycles. The molecule has 74 valence electrons. The molecule has 1 rings (SSSR count). The molecule has 0 heterocycles.